The van der Waals surface area contributed by atoms with E-state index in [9.17, 15) is 19.1 Å². The summed E-state index contributed by atoms with van der Waals surface area (Å²) in [6.45, 7) is 3.55. The van der Waals surface area contributed by atoms with Crippen molar-refractivity contribution < 1.29 is 33.3 Å². The van der Waals surface area contributed by atoms with Crippen molar-refractivity contribution in [2.45, 2.75) is 44.7 Å². The smallest absolute Gasteiger partial charge is 0.335 e. The van der Waals surface area contributed by atoms with Gasteiger partial charge in [0.05, 0.1) is 41.4 Å². The van der Waals surface area contributed by atoms with Crippen LogP contribution in [0.15, 0.2) is 60.7 Å². The molecule has 1 N–H and O–H groups in total. The number of carboxylic acids is 1. The third-order valence-corrected chi connectivity index (χ3v) is 8.43. The Kier molecular flexibility index (Phi) is 6.63. The average molecular weight is 604 g/mol. The lowest BCUT2D eigenvalue weighted by molar-refractivity contribution is -0.127. The number of rotatable bonds is 7. The monoisotopic (exact) mass is 603 g/mol. The topological polar surface area (TPSA) is 103 Å². The summed E-state index contributed by atoms with van der Waals surface area (Å²) in [5.74, 6) is -1.57. The fourth-order valence-electron chi connectivity index (χ4n) is 5.83. The first-order valence-corrected chi connectivity index (χ1v) is 14.4. The highest BCUT2D eigenvalue weighted by atomic mass is 35.5. The first-order valence-electron chi connectivity index (χ1n) is 14.0. The van der Waals surface area contributed by atoms with Crippen LogP contribution in [-0.2, 0) is 28.4 Å². The normalized spacial score (nSPS) is 21.2. The van der Waals surface area contributed by atoms with Crippen molar-refractivity contribution in [1.29, 1.82) is 0 Å². The van der Waals surface area contributed by atoms with Gasteiger partial charge in [0.15, 0.2) is 11.5 Å². The molecule has 1 saturated heterocycles. The molecule has 4 heterocycles. The molecule has 220 valence electrons. The minimum absolute atomic E-state index is 0.0163. The van der Waals surface area contributed by atoms with Crippen molar-refractivity contribution in [3.05, 3.63) is 94.0 Å². The maximum Gasteiger partial charge on any atom is 0.335 e. The zero-order chi connectivity index (χ0) is 29.9. The summed E-state index contributed by atoms with van der Waals surface area (Å²) in [4.78, 5) is 31.5. The number of hydrogen-bond acceptors (Lipinski definition) is 6. The summed E-state index contributed by atoms with van der Waals surface area (Å²) in [5.41, 5.74) is 3.24. The maximum absolute atomic E-state index is 14.8. The van der Waals surface area contributed by atoms with E-state index in [0.717, 1.165) is 12.0 Å². The molecule has 0 radical (unpaired) electrons. The van der Waals surface area contributed by atoms with Crippen LogP contribution in [0.25, 0.3) is 16.6 Å². The molecule has 0 spiro atoms. The Bertz CT molecular complexity index is 1830. The number of hydrogen-bond donors (Lipinski definition) is 1. The number of imidazole rings is 1. The lowest BCUT2D eigenvalue weighted by atomic mass is 9.98. The molecule has 1 amide bonds. The standard InChI is InChI=1S/C32H27ClFN3O6/c1-32(23-7-6-20(33)15-24(23)34)42-27-4-2-3-22(30(27)43-32)18-9-11-36(29(38)14-18)17-28-35-25-8-5-19(31(39)40)13-26(25)37(28)16-21-10-12-41-21/h2-8,13-15,21H,9-12,16-17H2,1H3,(H,39,40)/t21?,32-/m1/s1. The number of carboxylic acid groups (broad SMARTS) is 1. The fourth-order valence-corrected chi connectivity index (χ4v) is 5.99. The van der Waals surface area contributed by atoms with Crippen molar-refractivity contribution in [3.63, 3.8) is 0 Å². The SMILES string of the molecule is C[C@@]1(c2ccc(Cl)cc2F)Oc2cccc(C3=CC(=O)N(Cc4nc5ccc(C(=O)O)cc5n4CC4CCO4)CC3)c2O1. The van der Waals surface area contributed by atoms with Gasteiger partial charge < -0.3 is 28.8 Å². The molecular weight excluding hydrogens is 577 g/mol. The molecule has 0 aliphatic carbocycles. The lowest BCUT2D eigenvalue weighted by Gasteiger charge is -2.29. The van der Waals surface area contributed by atoms with Crippen LogP contribution < -0.4 is 9.47 Å². The zero-order valence-electron chi connectivity index (χ0n) is 23.2. The van der Waals surface area contributed by atoms with E-state index in [1.165, 1.54) is 18.2 Å². The highest BCUT2D eigenvalue weighted by Gasteiger charge is 2.42. The zero-order valence-corrected chi connectivity index (χ0v) is 23.9. The molecule has 9 nitrogen and oxygen atoms in total. The molecule has 7 rings (SSSR count). The Morgan fingerprint density at radius 3 is 2.74 bits per heavy atom. The minimum atomic E-state index is -1.40. The Hall–Kier alpha value is -4.41. The third kappa shape index (κ3) is 4.90. The van der Waals surface area contributed by atoms with Crippen LogP contribution in [0.4, 0.5) is 4.39 Å². The molecule has 1 aromatic heterocycles. The Morgan fingerprint density at radius 1 is 1.19 bits per heavy atom. The van der Waals surface area contributed by atoms with E-state index in [1.54, 1.807) is 42.2 Å². The molecule has 0 saturated carbocycles. The summed E-state index contributed by atoms with van der Waals surface area (Å²) >= 11 is 5.94. The van der Waals surface area contributed by atoms with E-state index in [2.05, 4.69) is 0 Å². The molecule has 3 aliphatic rings. The van der Waals surface area contributed by atoms with Crippen molar-refractivity contribution in [1.82, 2.24) is 14.5 Å². The van der Waals surface area contributed by atoms with E-state index in [0.29, 0.717) is 60.0 Å². The van der Waals surface area contributed by atoms with E-state index >= 15 is 0 Å². The molecular formula is C32H27ClFN3O6. The van der Waals surface area contributed by atoms with Gasteiger partial charge in [-0.2, -0.15) is 0 Å². The number of ether oxygens (including phenoxy) is 3. The Labute approximate surface area is 251 Å². The van der Waals surface area contributed by atoms with Crippen molar-refractivity contribution >= 4 is 40.1 Å². The van der Waals surface area contributed by atoms with Gasteiger partial charge in [0.25, 0.3) is 5.79 Å². The third-order valence-electron chi connectivity index (χ3n) is 8.19. The Morgan fingerprint density at radius 2 is 2.02 bits per heavy atom. The number of carbonyl (C=O) groups excluding carboxylic acids is 1. The quantitative estimate of drug-likeness (QED) is 0.286. The van der Waals surface area contributed by atoms with Crippen LogP contribution in [0, 0.1) is 5.82 Å². The first-order chi connectivity index (χ1) is 20.7. The number of fused-ring (bicyclic) bond motifs is 2. The van der Waals surface area contributed by atoms with E-state index in [1.807, 2.05) is 16.7 Å². The molecule has 11 heteroatoms. The van der Waals surface area contributed by atoms with Crippen LogP contribution in [0.5, 0.6) is 11.5 Å². The van der Waals surface area contributed by atoms with Crippen LogP contribution in [-0.4, -0.2) is 50.7 Å². The summed E-state index contributed by atoms with van der Waals surface area (Å²) < 4.78 is 34.7. The molecule has 1 unspecified atom stereocenters. The molecule has 0 bridgehead atoms. The molecule has 2 atom stereocenters. The molecule has 1 fully saturated rings. The molecule has 3 aliphatic heterocycles. The first kappa shape index (κ1) is 27.4. The van der Waals surface area contributed by atoms with Gasteiger partial charge in [-0.05, 0) is 60.9 Å². The number of halogens is 2. The second-order valence-electron chi connectivity index (χ2n) is 11.0. The van der Waals surface area contributed by atoms with E-state index < -0.39 is 17.6 Å². The van der Waals surface area contributed by atoms with Gasteiger partial charge in [-0.1, -0.05) is 23.7 Å². The lowest BCUT2D eigenvalue weighted by Crippen LogP contribution is -2.36. The number of nitrogens with zero attached hydrogens (tertiary/aromatic N) is 3. The number of benzene rings is 3. The number of aromatic carboxylic acids is 1. The minimum Gasteiger partial charge on any atom is -0.478 e. The van der Waals surface area contributed by atoms with Crippen molar-refractivity contribution in [3.8, 4) is 11.5 Å². The van der Waals surface area contributed by atoms with Crippen LogP contribution in [0.1, 0.15) is 47.1 Å². The summed E-state index contributed by atoms with van der Waals surface area (Å²) in [7, 11) is 0. The number of carbonyl (C=O) groups is 2. The summed E-state index contributed by atoms with van der Waals surface area (Å²) in [6.07, 6.45) is 3.06. The molecule has 3 aromatic carbocycles. The predicted octanol–water partition coefficient (Wildman–Crippen LogP) is 5.78. The molecule has 43 heavy (non-hydrogen) atoms. The average Bonchev–Trinajstić information content (AvgIpc) is 3.47. The largest absolute Gasteiger partial charge is 0.478 e. The number of para-hydroxylation sites is 1. The van der Waals surface area contributed by atoms with Gasteiger partial charge in [-0.25, -0.2) is 14.2 Å². The second kappa shape index (κ2) is 10.4. The number of aromatic nitrogens is 2. The van der Waals surface area contributed by atoms with Gasteiger partial charge >= 0.3 is 5.97 Å². The van der Waals surface area contributed by atoms with Gasteiger partial charge in [0.1, 0.15) is 11.6 Å². The Balaban J connectivity index is 1.15. The highest BCUT2D eigenvalue weighted by molar-refractivity contribution is 6.30. The maximum atomic E-state index is 14.8. The van der Waals surface area contributed by atoms with E-state index in [-0.39, 0.29) is 34.7 Å². The summed E-state index contributed by atoms with van der Waals surface area (Å²) in [6, 6.07) is 14.6. The van der Waals surface area contributed by atoms with Gasteiger partial charge in [0.2, 0.25) is 5.91 Å². The summed E-state index contributed by atoms with van der Waals surface area (Å²) in [5, 5.41) is 9.78. The van der Waals surface area contributed by atoms with Gasteiger partial charge in [0, 0.05) is 36.7 Å². The highest BCUT2D eigenvalue weighted by Crippen LogP contribution is 2.49. The van der Waals surface area contributed by atoms with E-state index in [4.69, 9.17) is 30.8 Å². The number of amides is 1. The second-order valence-corrected chi connectivity index (χ2v) is 11.5. The van der Waals surface area contributed by atoms with Crippen LogP contribution >= 0.6 is 11.6 Å². The van der Waals surface area contributed by atoms with Gasteiger partial charge in [-0.3, -0.25) is 4.79 Å². The van der Waals surface area contributed by atoms with Crippen LogP contribution in [0.3, 0.4) is 0 Å². The fraction of sp³-hybridized carbons (Fsp3) is 0.281. The van der Waals surface area contributed by atoms with Crippen LogP contribution in [0.2, 0.25) is 5.02 Å². The molecule has 4 aromatic rings. The predicted molar refractivity (Wildman–Crippen MR) is 156 cm³/mol. The van der Waals surface area contributed by atoms with Gasteiger partial charge in [-0.15, -0.1) is 0 Å². The van der Waals surface area contributed by atoms with Crippen molar-refractivity contribution in [2.75, 3.05) is 13.2 Å². The van der Waals surface area contributed by atoms with Crippen molar-refractivity contribution in [2.24, 2.45) is 0 Å².